The number of hydrogen-bond donors (Lipinski definition) is 1. The molecule has 10 heavy (non-hydrogen) atoms. The third kappa shape index (κ3) is 1.43. The van der Waals surface area contributed by atoms with E-state index in [1.807, 2.05) is 11.9 Å². The minimum atomic E-state index is 0.654. The molecular formula is C5H11N5. The van der Waals surface area contributed by atoms with Crippen LogP contribution in [0.1, 0.15) is 13.3 Å². The second-order valence-corrected chi connectivity index (χ2v) is 2.13. The zero-order chi connectivity index (χ0) is 7.40. The molecule has 1 aromatic heterocycles. The van der Waals surface area contributed by atoms with Gasteiger partial charge in [-0.2, -0.15) is 5.21 Å². The summed E-state index contributed by atoms with van der Waals surface area (Å²) in [5.74, 6) is 0.654. The van der Waals surface area contributed by atoms with Gasteiger partial charge in [0.15, 0.2) is 0 Å². The summed E-state index contributed by atoms with van der Waals surface area (Å²) in [5.41, 5.74) is 0. The number of aromatic nitrogens is 4. The lowest BCUT2D eigenvalue weighted by molar-refractivity contribution is 0.821. The van der Waals surface area contributed by atoms with Crippen LogP contribution in [0.15, 0.2) is 0 Å². The van der Waals surface area contributed by atoms with Crippen molar-refractivity contribution < 1.29 is 0 Å². The minimum Gasteiger partial charge on any atom is -0.341 e. The predicted molar refractivity (Wildman–Crippen MR) is 37.7 cm³/mol. The standard InChI is InChI=1S/C5H11N5/c1-3-4-10(2)5-6-8-9-7-5/h3-4H2,1-2H3,(H,6,7,8,9). The Kier molecular flexibility index (Phi) is 2.20. The molecule has 0 aliphatic carbocycles. The number of anilines is 1. The smallest absolute Gasteiger partial charge is 0.265 e. The Hall–Kier alpha value is -1.13. The van der Waals surface area contributed by atoms with Gasteiger partial charge in [0.05, 0.1) is 0 Å². The van der Waals surface area contributed by atoms with Gasteiger partial charge in [-0.15, -0.1) is 5.10 Å². The van der Waals surface area contributed by atoms with E-state index in [0.717, 1.165) is 13.0 Å². The highest BCUT2D eigenvalue weighted by Gasteiger charge is 2.01. The number of tetrazole rings is 1. The maximum Gasteiger partial charge on any atom is 0.265 e. The highest BCUT2D eigenvalue weighted by atomic mass is 15.5. The molecule has 0 saturated carbocycles. The first-order valence-corrected chi connectivity index (χ1v) is 3.29. The molecule has 0 unspecified atom stereocenters. The number of nitrogens with zero attached hydrogens (tertiary/aromatic N) is 4. The Morgan fingerprint density at radius 1 is 1.60 bits per heavy atom. The second kappa shape index (κ2) is 3.14. The van der Waals surface area contributed by atoms with Crippen molar-refractivity contribution in [1.29, 1.82) is 0 Å². The van der Waals surface area contributed by atoms with E-state index in [1.165, 1.54) is 0 Å². The summed E-state index contributed by atoms with van der Waals surface area (Å²) in [6.45, 7) is 3.07. The first-order valence-electron chi connectivity index (χ1n) is 3.29. The molecule has 0 saturated heterocycles. The Morgan fingerprint density at radius 3 is 2.90 bits per heavy atom. The fraction of sp³-hybridized carbons (Fsp3) is 0.800. The predicted octanol–water partition coefficient (Wildman–Crippen LogP) is 0.0459. The van der Waals surface area contributed by atoms with Crippen LogP contribution in [0, 0.1) is 0 Å². The zero-order valence-electron chi connectivity index (χ0n) is 6.20. The van der Waals surface area contributed by atoms with E-state index in [4.69, 9.17) is 0 Å². The Balaban J connectivity index is 2.50. The summed E-state index contributed by atoms with van der Waals surface area (Å²) >= 11 is 0. The van der Waals surface area contributed by atoms with E-state index >= 15 is 0 Å². The molecule has 0 fully saturated rings. The fourth-order valence-corrected chi connectivity index (χ4v) is 0.754. The third-order valence-corrected chi connectivity index (χ3v) is 1.23. The fourth-order valence-electron chi connectivity index (χ4n) is 0.754. The van der Waals surface area contributed by atoms with Crippen molar-refractivity contribution in [2.75, 3.05) is 18.5 Å². The van der Waals surface area contributed by atoms with Gasteiger partial charge in [0.25, 0.3) is 5.95 Å². The monoisotopic (exact) mass is 141 g/mol. The molecule has 0 radical (unpaired) electrons. The molecule has 5 heteroatoms. The van der Waals surface area contributed by atoms with Crippen LogP contribution in [0.2, 0.25) is 0 Å². The third-order valence-electron chi connectivity index (χ3n) is 1.23. The SMILES string of the molecule is CCCN(C)c1nn[nH]n1. The molecule has 0 amide bonds. The largest absolute Gasteiger partial charge is 0.341 e. The van der Waals surface area contributed by atoms with Crippen LogP contribution in [0.5, 0.6) is 0 Å². The van der Waals surface area contributed by atoms with Gasteiger partial charge >= 0.3 is 0 Å². The van der Waals surface area contributed by atoms with Gasteiger partial charge in [-0.3, -0.25) is 0 Å². The molecule has 56 valence electrons. The van der Waals surface area contributed by atoms with E-state index in [9.17, 15) is 0 Å². The van der Waals surface area contributed by atoms with Gasteiger partial charge in [0, 0.05) is 13.6 Å². The van der Waals surface area contributed by atoms with Gasteiger partial charge in [-0.1, -0.05) is 12.0 Å². The van der Waals surface area contributed by atoms with Crippen molar-refractivity contribution in [3.8, 4) is 0 Å². The van der Waals surface area contributed by atoms with E-state index in [-0.39, 0.29) is 0 Å². The molecule has 0 spiro atoms. The van der Waals surface area contributed by atoms with Crippen molar-refractivity contribution >= 4 is 5.95 Å². The Labute approximate surface area is 59.4 Å². The number of hydrogen-bond acceptors (Lipinski definition) is 4. The number of H-pyrrole nitrogens is 1. The van der Waals surface area contributed by atoms with Crippen molar-refractivity contribution in [3.63, 3.8) is 0 Å². The molecular weight excluding hydrogens is 130 g/mol. The highest BCUT2D eigenvalue weighted by Crippen LogP contribution is 1.98. The number of nitrogens with one attached hydrogen (secondary N) is 1. The molecule has 0 aromatic carbocycles. The summed E-state index contributed by atoms with van der Waals surface area (Å²) in [4.78, 5) is 1.95. The molecule has 5 nitrogen and oxygen atoms in total. The van der Waals surface area contributed by atoms with Crippen molar-refractivity contribution in [2.45, 2.75) is 13.3 Å². The van der Waals surface area contributed by atoms with E-state index < -0.39 is 0 Å². The van der Waals surface area contributed by atoms with Gasteiger partial charge in [-0.05, 0) is 11.6 Å². The lowest BCUT2D eigenvalue weighted by Crippen LogP contribution is -2.18. The van der Waals surface area contributed by atoms with Crippen LogP contribution in [0.3, 0.4) is 0 Å². The van der Waals surface area contributed by atoms with Crippen LogP contribution in [-0.2, 0) is 0 Å². The lowest BCUT2D eigenvalue weighted by atomic mass is 10.4. The summed E-state index contributed by atoms with van der Waals surface area (Å²) in [6.07, 6.45) is 1.09. The summed E-state index contributed by atoms with van der Waals surface area (Å²) in [7, 11) is 1.94. The second-order valence-electron chi connectivity index (χ2n) is 2.13. The molecule has 1 heterocycles. The van der Waals surface area contributed by atoms with Crippen LogP contribution in [0.4, 0.5) is 5.95 Å². The van der Waals surface area contributed by atoms with Gasteiger partial charge in [-0.25, -0.2) is 0 Å². The van der Waals surface area contributed by atoms with Crippen LogP contribution in [-0.4, -0.2) is 34.2 Å². The number of rotatable bonds is 3. The van der Waals surface area contributed by atoms with E-state index in [0.29, 0.717) is 5.95 Å². The molecule has 1 N–H and O–H groups in total. The van der Waals surface area contributed by atoms with Gasteiger partial charge in [0.1, 0.15) is 0 Å². The first-order chi connectivity index (χ1) is 4.84. The average Bonchev–Trinajstić information content (AvgIpc) is 2.38. The molecule has 1 rings (SSSR count). The van der Waals surface area contributed by atoms with Crippen LogP contribution in [0.25, 0.3) is 0 Å². The number of aromatic amines is 1. The molecule has 0 atom stereocenters. The molecule has 0 aliphatic rings. The molecule has 0 aliphatic heterocycles. The van der Waals surface area contributed by atoms with Crippen molar-refractivity contribution in [1.82, 2.24) is 20.6 Å². The summed E-state index contributed by atoms with van der Waals surface area (Å²) in [5, 5.41) is 13.5. The Morgan fingerprint density at radius 2 is 2.40 bits per heavy atom. The molecule has 0 bridgehead atoms. The van der Waals surface area contributed by atoms with Gasteiger partial charge < -0.3 is 4.90 Å². The van der Waals surface area contributed by atoms with Gasteiger partial charge in [0.2, 0.25) is 0 Å². The molecule has 1 aromatic rings. The maximum absolute atomic E-state index is 3.81. The van der Waals surface area contributed by atoms with Crippen molar-refractivity contribution in [3.05, 3.63) is 0 Å². The van der Waals surface area contributed by atoms with E-state index in [1.54, 1.807) is 0 Å². The quantitative estimate of drug-likeness (QED) is 0.646. The maximum atomic E-state index is 3.81. The Bertz CT molecular complexity index is 170. The van der Waals surface area contributed by atoms with E-state index in [2.05, 4.69) is 27.5 Å². The topological polar surface area (TPSA) is 57.7 Å². The van der Waals surface area contributed by atoms with Crippen LogP contribution < -0.4 is 4.90 Å². The van der Waals surface area contributed by atoms with Crippen molar-refractivity contribution in [2.24, 2.45) is 0 Å². The summed E-state index contributed by atoms with van der Waals surface area (Å²) < 4.78 is 0. The first kappa shape index (κ1) is 6.98. The average molecular weight is 141 g/mol. The lowest BCUT2D eigenvalue weighted by Gasteiger charge is -2.10. The highest BCUT2D eigenvalue weighted by molar-refractivity contribution is 5.22. The summed E-state index contributed by atoms with van der Waals surface area (Å²) in [6, 6.07) is 0. The zero-order valence-corrected chi connectivity index (χ0v) is 6.20. The normalized spacial score (nSPS) is 9.80. The van der Waals surface area contributed by atoms with Crippen LogP contribution >= 0.6 is 0 Å². The minimum absolute atomic E-state index is 0.654.